The van der Waals surface area contributed by atoms with Crippen molar-refractivity contribution in [2.24, 2.45) is 18.7 Å². The summed E-state index contributed by atoms with van der Waals surface area (Å²) < 4.78 is 34.9. The van der Waals surface area contributed by atoms with Crippen LogP contribution in [0, 0.1) is 5.92 Å². The molecule has 2 atom stereocenters. The number of aromatic nitrogens is 4. The molecule has 3 aromatic rings. The molecule has 0 unspecified atom stereocenters. The lowest BCUT2D eigenvalue weighted by atomic mass is 9.92. The first-order valence-electron chi connectivity index (χ1n) is 10.2. The summed E-state index contributed by atoms with van der Waals surface area (Å²) in [5.74, 6) is -4.70. The summed E-state index contributed by atoms with van der Waals surface area (Å²) in [5.41, 5.74) is 6.42. The van der Waals surface area contributed by atoms with Crippen LogP contribution in [-0.4, -0.2) is 62.3 Å². The molecule has 182 valence electrons. The molecule has 5 N–H and O–H groups in total. The fraction of sp³-hybridized carbons (Fsp3) is 0.400. The van der Waals surface area contributed by atoms with Crippen LogP contribution in [0.3, 0.4) is 0 Å². The van der Waals surface area contributed by atoms with Gasteiger partial charge < -0.3 is 30.8 Å². The highest BCUT2D eigenvalue weighted by Crippen LogP contribution is 2.35. The number of piperidine rings is 1. The fourth-order valence-corrected chi connectivity index (χ4v) is 3.96. The molecule has 14 heteroatoms. The topological polar surface area (TPSA) is 151 Å². The largest absolute Gasteiger partial charge is 0.480 e. The van der Waals surface area contributed by atoms with Gasteiger partial charge in [0.1, 0.15) is 16.3 Å². The minimum Gasteiger partial charge on any atom is -0.480 e. The van der Waals surface area contributed by atoms with Gasteiger partial charge in [-0.15, -0.1) is 0 Å². The van der Waals surface area contributed by atoms with Crippen molar-refractivity contribution in [3.05, 3.63) is 33.8 Å². The van der Waals surface area contributed by atoms with Gasteiger partial charge in [-0.05, 0) is 6.07 Å². The number of anilines is 3. The zero-order valence-corrected chi connectivity index (χ0v) is 18.9. The summed E-state index contributed by atoms with van der Waals surface area (Å²) in [6.07, 6.45) is 1.33. The van der Waals surface area contributed by atoms with E-state index < -0.39 is 36.1 Å². The summed E-state index contributed by atoms with van der Waals surface area (Å²) >= 11 is 6.26. The normalized spacial score (nSPS) is 19.9. The number of nitrogens with two attached hydrogens (primary N) is 1. The van der Waals surface area contributed by atoms with Gasteiger partial charge in [-0.3, -0.25) is 4.57 Å². The van der Waals surface area contributed by atoms with Crippen molar-refractivity contribution in [1.29, 1.82) is 0 Å². The van der Waals surface area contributed by atoms with E-state index >= 15 is 0 Å². The van der Waals surface area contributed by atoms with Gasteiger partial charge in [0, 0.05) is 37.8 Å². The molecule has 0 saturated carbocycles. The lowest BCUT2D eigenvalue weighted by Gasteiger charge is -2.40. The molecule has 1 saturated heterocycles. The molecule has 0 spiro atoms. The Bertz CT molecular complexity index is 1300. The number of hydrogen-bond donors (Lipinski definition) is 4. The van der Waals surface area contributed by atoms with Crippen molar-refractivity contribution in [1.82, 2.24) is 19.5 Å². The maximum absolute atomic E-state index is 14.1. The molecule has 1 aliphatic heterocycles. The van der Waals surface area contributed by atoms with Crippen molar-refractivity contribution in [3.8, 4) is 5.75 Å². The Kier molecular flexibility index (Phi) is 6.08. The van der Waals surface area contributed by atoms with Crippen molar-refractivity contribution in [2.75, 3.05) is 29.9 Å². The third kappa shape index (κ3) is 4.35. The molecule has 4 rings (SSSR count). The number of rotatable bonds is 6. The van der Waals surface area contributed by atoms with Crippen molar-refractivity contribution in [2.45, 2.75) is 18.9 Å². The van der Waals surface area contributed by atoms with E-state index in [1.807, 2.05) is 0 Å². The number of carboxylic acids is 1. The Morgan fingerprint density at radius 1 is 1.44 bits per heavy atom. The number of H-pyrrole nitrogens is 1. The smallest absolute Gasteiger partial charge is 0.341 e. The van der Waals surface area contributed by atoms with Gasteiger partial charge in [-0.2, -0.15) is 4.98 Å². The van der Waals surface area contributed by atoms with Crippen LogP contribution in [0.5, 0.6) is 5.75 Å². The summed E-state index contributed by atoms with van der Waals surface area (Å²) in [6, 6.07) is 1.72. The highest BCUT2D eigenvalue weighted by atomic mass is 35.5. The molecule has 0 aliphatic carbocycles. The van der Waals surface area contributed by atoms with E-state index in [0.29, 0.717) is 16.7 Å². The Hall–Kier alpha value is -3.45. The van der Waals surface area contributed by atoms with E-state index in [-0.39, 0.29) is 35.6 Å². The van der Waals surface area contributed by atoms with Crippen LogP contribution in [0.4, 0.5) is 26.2 Å². The number of benzene rings is 1. The molecular weight excluding hydrogens is 476 g/mol. The summed E-state index contributed by atoms with van der Waals surface area (Å²) in [4.78, 5) is 35.8. The van der Waals surface area contributed by atoms with Crippen molar-refractivity contribution in [3.63, 3.8) is 0 Å². The first-order valence-corrected chi connectivity index (χ1v) is 10.6. The third-order valence-corrected chi connectivity index (χ3v) is 5.92. The number of carbonyl (C=O) groups is 1. The first-order chi connectivity index (χ1) is 16.0. The molecule has 0 bridgehead atoms. The van der Waals surface area contributed by atoms with E-state index in [4.69, 9.17) is 27.2 Å². The predicted molar refractivity (Wildman–Crippen MR) is 121 cm³/mol. The standard InChI is InChI=1S/C20H22ClF2N7O4/c1-9-6-30(7-14(24)20(9,22)23)18-25-5-11(21)17(28-18)26-10-3-12-16(29(2)19(33)27-12)13(4-10)34-8-15(31)32/h3-5,9,14H,6-8,24H2,1-2H3,(H,27,33)(H,31,32)(H,25,26,28)/t9-,14+/m1/s1. The van der Waals surface area contributed by atoms with Crippen LogP contribution < -0.4 is 26.4 Å². The Morgan fingerprint density at radius 2 is 2.18 bits per heavy atom. The maximum atomic E-state index is 14.1. The van der Waals surface area contributed by atoms with Crippen LogP contribution in [0.1, 0.15) is 6.92 Å². The zero-order valence-electron chi connectivity index (χ0n) is 18.2. The van der Waals surface area contributed by atoms with Crippen LogP contribution in [0.2, 0.25) is 5.02 Å². The monoisotopic (exact) mass is 497 g/mol. The highest BCUT2D eigenvalue weighted by Gasteiger charge is 2.48. The van der Waals surface area contributed by atoms with E-state index in [1.54, 1.807) is 11.0 Å². The summed E-state index contributed by atoms with van der Waals surface area (Å²) in [7, 11) is 1.52. The Labute approximate surface area is 196 Å². The fourth-order valence-electron chi connectivity index (χ4n) is 3.82. The zero-order chi connectivity index (χ0) is 24.8. The van der Waals surface area contributed by atoms with Gasteiger partial charge in [0.25, 0.3) is 5.92 Å². The number of aliphatic carboxylic acids is 1. The van der Waals surface area contributed by atoms with Gasteiger partial charge in [0.05, 0.1) is 17.8 Å². The van der Waals surface area contributed by atoms with Gasteiger partial charge in [-0.25, -0.2) is 23.4 Å². The summed E-state index contributed by atoms with van der Waals surface area (Å²) in [5, 5.41) is 12.1. The second-order valence-corrected chi connectivity index (χ2v) is 8.53. The number of halogens is 3. The lowest BCUT2D eigenvalue weighted by Crippen LogP contribution is -2.60. The number of fused-ring (bicyclic) bond motifs is 1. The SMILES string of the molecule is C[C@@H]1CN(c2ncc(Cl)c(Nc3cc(OCC(=O)O)c4c(c3)[nH]c(=O)n4C)n2)C[C@H](N)C1(F)F. The number of nitrogens with zero attached hydrogens (tertiary/aromatic N) is 4. The molecule has 34 heavy (non-hydrogen) atoms. The number of ether oxygens (including phenoxy) is 1. The molecule has 11 nitrogen and oxygen atoms in total. The van der Waals surface area contributed by atoms with E-state index in [1.165, 1.54) is 30.8 Å². The number of aryl methyl sites for hydroxylation is 1. The van der Waals surface area contributed by atoms with Gasteiger partial charge in [-0.1, -0.05) is 18.5 Å². The van der Waals surface area contributed by atoms with E-state index in [2.05, 4.69) is 20.3 Å². The number of hydrogen-bond acceptors (Lipinski definition) is 8. The Balaban J connectivity index is 1.67. The minimum absolute atomic E-state index is 0.00611. The predicted octanol–water partition coefficient (Wildman–Crippen LogP) is 1.94. The second-order valence-electron chi connectivity index (χ2n) is 8.12. The quantitative estimate of drug-likeness (QED) is 0.400. The van der Waals surface area contributed by atoms with E-state index in [0.717, 1.165) is 0 Å². The average molecular weight is 498 g/mol. The van der Waals surface area contributed by atoms with Crippen LogP contribution >= 0.6 is 11.6 Å². The van der Waals surface area contributed by atoms with Crippen LogP contribution in [-0.2, 0) is 11.8 Å². The van der Waals surface area contributed by atoms with Crippen molar-refractivity contribution >= 4 is 46.1 Å². The van der Waals surface area contributed by atoms with E-state index in [9.17, 15) is 18.4 Å². The number of nitrogens with one attached hydrogen (secondary N) is 2. The van der Waals surface area contributed by atoms with Gasteiger partial charge in [0.2, 0.25) is 5.95 Å². The average Bonchev–Trinajstić information content (AvgIpc) is 3.05. The summed E-state index contributed by atoms with van der Waals surface area (Å²) in [6.45, 7) is 0.666. The Morgan fingerprint density at radius 3 is 2.85 bits per heavy atom. The molecule has 1 aromatic carbocycles. The number of aromatic amines is 1. The van der Waals surface area contributed by atoms with Crippen LogP contribution in [0.25, 0.3) is 11.0 Å². The molecule has 2 aromatic heterocycles. The highest BCUT2D eigenvalue weighted by molar-refractivity contribution is 6.32. The molecule has 3 heterocycles. The van der Waals surface area contributed by atoms with Crippen LogP contribution in [0.15, 0.2) is 23.1 Å². The molecule has 0 amide bonds. The first kappa shape index (κ1) is 23.7. The number of carboxylic acid groups (broad SMARTS) is 1. The van der Waals surface area contributed by atoms with Gasteiger partial charge in [0.15, 0.2) is 12.4 Å². The molecular formula is C20H22ClF2N7O4. The van der Waals surface area contributed by atoms with Crippen molar-refractivity contribution < 1.29 is 23.4 Å². The molecule has 1 fully saturated rings. The third-order valence-electron chi connectivity index (χ3n) is 5.65. The number of alkyl halides is 2. The second kappa shape index (κ2) is 8.72. The molecule has 1 aliphatic rings. The maximum Gasteiger partial charge on any atom is 0.341 e. The van der Waals surface area contributed by atoms with Gasteiger partial charge >= 0.3 is 11.7 Å². The lowest BCUT2D eigenvalue weighted by molar-refractivity contribution is -0.139. The molecule has 0 radical (unpaired) electrons. The minimum atomic E-state index is -3.00. The number of imidazole rings is 1.